The summed E-state index contributed by atoms with van der Waals surface area (Å²) in [5, 5.41) is 3.41. The highest BCUT2D eigenvalue weighted by Gasteiger charge is 2.16. The second-order valence-corrected chi connectivity index (χ2v) is 4.61. The Bertz CT molecular complexity index is 365. The topological polar surface area (TPSA) is 15.3 Å². The van der Waals surface area contributed by atoms with Crippen LogP contribution in [0.25, 0.3) is 0 Å². The van der Waals surface area contributed by atoms with Gasteiger partial charge < -0.3 is 5.32 Å². The van der Waals surface area contributed by atoms with E-state index >= 15 is 0 Å². The molecule has 0 aliphatic carbocycles. The summed E-state index contributed by atoms with van der Waals surface area (Å²) in [6, 6.07) is 5.87. The van der Waals surface area contributed by atoms with Crippen LogP contribution in [0.1, 0.15) is 18.1 Å². The number of nitrogens with zero attached hydrogens (tertiary/aromatic N) is 1. The summed E-state index contributed by atoms with van der Waals surface area (Å²) in [5.41, 5.74) is 1.89. The lowest BCUT2D eigenvalue weighted by molar-refractivity contribution is 0.199. The molecule has 1 aliphatic rings. The molecule has 88 valence electrons. The molecule has 0 radical (unpaired) electrons. The van der Waals surface area contributed by atoms with Crippen molar-refractivity contribution in [2.75, 3.05) is 19.6 Å². The van der Waals surface area contributed by atoms with E-state index in [0.717, 1.165) is 37.3 Å². The zero-order valence-electron chi connectivity index (χ0n) is 9.96. The third-order valence-corrected chi connectivity index (χ3v) is 3.23. The van der Waals surface area contributed by atoms with Crippen LogP contribution in [0.3, 0.4) is 0 Å². The lowest BCUT2D eigenvalue weighted by Gasteiger charge is -2.32. The van der Waals surface area contributed by atoms with Crippen molar-refractivity contribution in [1.82, 2.24) is 10.2 Å². The molecule has 0 bridgehead atoms. The maximum absolute atomic E-state index is 13.4. The number of hydrogen-bond donors (Lipinski definition) is 1. The van der Waals surface area contributed by atoms with E-state index < -0.39 is 0 Å². The Morgan fingerprint density at radius 3 is 3.06 bits per heavy atom. The predicted molar refractivity (Wildman–Crippen MR) is 63.9 cm³/mol. The SMILES string of the molecule is Cc1c(F)cccc1CN1CCN[C@@H](C)C1. The average Bonchev–Trinajstić information content (AvgIpc) is 2.25. The average molecular weight is 222 g/mol. The molecule has 0 amide bonds. The normalized spacial score (nSPS) is 22.3. The molecule has 1 heterocycles. The van der Waals surface area contributed by atoms with Gasteiger partial charge in [0, 0.05) is 32.2 Å². The smallest absolute Gasteiger partial charge is 0.126 e. The van der Waals surface area contributed by atoms with Gasteiger partial charge in [-0.05, 0) is 31.0 Å². The molecular weight excluding hydrogens is 203 g/mol. The van der Waals surface area contributed by atoms with Crippen LogP contribution >= 0.6 is 0 Å². The summed E-state index contributed by atoms with van der Waals surface area (Å²) in [6.07, 6.45) is 0. The second kappa shape index (κ2) is 4.93. The number of nitrogens with one attached hydrogen (secondary N) is 1. The van der Waals surface area contributed by atoms with Crippen LogP contribution in [0.5, 0.6) is 0 Å². The first-order chi connectivity index (χ1) is 7.66. The first kappa shape index (κ1) is 11.6. The molecule has 0 saturated carbocycles. The molecule has 2 nitrogen and oxygen atoms in total. The van der Waals surface area contributed by atoms with Crippen LogP contribution < -0.4 is 5.32 Å². The molecule has 16 heavy (non-hydrogen) atoms. The zero-order chi connectivity index (χ0) is 11.5. The fourth-order valence-corrected chi connectivity index (χ4v) is 2.22. The van der Waals surface area contributed by atoms with Crippen LogP contribution in [-0.4, -0.2) is 30.6 Å². The number of benzene rings is 1. The quantitative estimate of drug-likeness (QED) is 0.822. The fourth-order valence-electron chi connectivity index (χ4n) is 2.22. The molecular formula is C13H19FN2. The van der Waals surface area contributed by atoms with Crippen molar-refractivity contribution in [2.45, 2.75) is 26.4 Å². The Morgan fingerprint density at radius 1 is 1.50 bits per heavy atom. The standard InChI is InChI=1S/C13H19FN2/c1-10-8-16(7-6-15-10)9-12-4-3-5-13(14)11(12)2/h3-5,10,15H,6-9H2,1-2H3/t10-/m0/s1. The molecule has 0 aromatic heterocycles. The highest BCUT2D eigenvalue weighted by Crippen LogP contribution is 2.15. The van der Waals surface area contributed by atoms with Crippen LogP contribution in [0, 0.1) is 12.7 Å². The predicted octanol–water partition coefficient (Wildman–Crippen LogP) is 1.93. The molecule has 3 heteroatoms. The van der Waals surface area contributed by atoms with Crippen molar-refractivity contribution >= 4 is 0 Å². The first-order valence-corrected chi connectivity index (χ1v) is 5.86. The highest BCUT2D eigenvalue weighted by atomic mass is 19.1. The molecule has 1 aromatic rings. The van der Waals surface area contributed by atoms with Crippen molar-refractivity contribution in [3.8, 4) is 0 Å². The molecule has 1 saturated heterocycles. The summed E-state index contributed by atoms with van der Waals surface area (Å²) >= 11 is 0. The van der Waals surface area contributed by atoms with E-state index in [1.54, 1.807) is 6.07 Å². The number of rotatable bonds is 2. The summed E-state index contributed by atoms with van der Waals surface area (Å²) in [6.45, 7) is 8.00. The van der Waals surface area contributed by atoms with Gasteiger partial charge >= 0.3 is 0 Å². The third-order valence-electron chi connectivity index (χ3n) is 3.23. The molecule has 0 unspecified atom stereocenters. The van der Waals surface area contributed by atoms with Gasteiger partial charge in [-0.25, -0.2) is 4.39 Å². The number of halogens is 1. The Balaban J connectivity index is 2.05. The van der Waals surface area contributed by atoms with Crippen molar-refractivity contribution in [3.05, 3.63) is 35.1 Å². The molecule has 1 N–H and O–H groups in total. The van der Waals surface area contributed by atoms with Gasteiger partial charge in [0.15, 0.2) is 0 Å². The third kappa shape index (κ3) is 2.60. The largest absolute Gasteiger partial charge is 0.312 e. The van der Waals surface area contributed by atoms with Crippen molar-refractivity contribution < 1.29 is 4.39 Å². The van der Waals surface area contributed by atoms with E-state index in [1.165, 1.54) is 6.07 Å². The maximum atomic E-state index is 13.4. The van der Waals surface area contributed by atoms with Crippen LogP contribution in [0.15, 0.2) is 18.2 Å². The Kier molecular flexibility index (Phi) is 3.56. The fraction of sp³-hybridized carbons (Fsp3) is 0.538. The Hall–Kier alpha value is -0.930. The minimum atomic E-state index is -0.0966. The lowest BCUT2D eigenvalue weighted by atomic mass is 10.1. The number of hydrogen-bond acceptors (Lipinski definition) is 2. The van der Waals surface area contributed by atoms with Crippen LogP contribution in [-0.2, 0) is 6.54 Å². The van der Waals surface area contributed by atoms with Gasteiger partial charge in [-0.1, -0.05) is 12.1 Å². The molecule has 1 aliphatic heterocycles. The van der Waals surface area contributed by atoms with Crippen molar-refractivity contribution in [2.24, 2.45) is 0 Å². The summed E-state index contributed by atoms with van der Waals surface area (Å²) in [5.74, 6) is -0.0966. The van der Waals surface area contributed by atoms with E-state index in [0.29, 0.717) is 6.04 Å². The minimum absolute atomic E-state index is 0.0966. The van der Waals surface area contributed by atoms with E-state index in [-0.39, 0.29) is 5.82 Å². The summed E-state index contributed by atoms with van der Waals surface area (Å²) < 4.78 is 13.4. The van der Waals surface area contributed by atoms with Crippen LogP contribution in [0.4, 0.5) is 4.39 Å². The lowest BCUT2D eigenvalue weighted by Crippen LogP contribution is -2.48. The monoisotopic (exact) mass is 222 g/mol. The Morgan fingerprint density at radius 2 is 2.31 bits per heavy atom. The van der Waals surface area contributed by atoms with Gasteiger partial charge in [0.2, 0.25) is 0 Å². The summed E-state index contributed by atoms with van der Waals surface area (Å²) in [7, 11) is 0. The van der Waals surface area contributed by atoms with Gasteiger partial charge in [-0.15, -0.1) is 0 Å². The molecule has 0 spiro atoms. The zero-order valence-corrected chi connectivity index (χ0v) is 9.96. The minimum Gasteiger partial charge on any atom is -0.312 e. The van der Waals surface area contributed by atoms with E-state index in [4.69, 9.17) is 0 Å². The maximum Gasteiger partial charge on any atom is 0.126 e. The van der Waals surface area contributed by atoms with E-state index in [2.05, 4.69) is 17.1 Å². The van der Waals surface area contributed by atoms with Gasteiger partial charge in [-0.2, -0.15) is 0 Å². The van der Waals surface area contributed by atoms with Crippen molar-refractivity contribution in [1.29, 1.82) is 0 Å². The van der Waals surface area contributed by atoms with Gasteiger partial charge in [0.25, 0.3) is 0 Å². The molecule has 2 rings (SSSR count). The molecule has 1 aromatic carbocycles. The number of piperazine rings is 1. The van der Waals surface area contributed by atoms with Gasteiger partial charge in [0.05, 0.1) is 0 Å². The molecule has 1 fully saturated rings. The van der Waals surface area contributed by atoms with Crippen molar-refractivity contribution in [3.63, 3.8) is 0 Å². The Labute approximate surface area is 96.5 Å². The van der Waals surface area contributed by atoms with E-state index in [1.807, 2.05) is 13.0 Å². The van der Waals surface area contributed by atoms with Gasteiger partial charge in [0.1, 0.15) is 5.82 Å². The van der Waals surface area contributed by atoms with Gasteiger partial charge in [-0.3, -0.25) is 4.90 Å². The second-order valence-electron chi connectivity index (χ2n) is 4.61. The highest BCUT2D eigenvalue weighted by molar-refractivity contribution is 5.27. The first-order valence-electron chi connectivity index (χ1n) is 5.86. The van der Waals surface area contributed by atoms with E-state index in [9.17, 15) is 4.39 Å². The molecule has 1 atom stereocenters. The van der Waals surface area contributed by atoms with Crippen LogP contribution in [0.2, 0.25) is 0 Å². The summed E-state index contributed by atoms with van der Waals surface area (Å²) in [4.78, 5) is 2.38.